The van der Waals surface area contributed by atoms with Gasteiger partial charge in [-0.15, -0.1) is 0 Å². The molecule has 1 nitrogen and oxygen atoms in total. The molecule has 2 heteroatoms. The molecular formula is C25H30OSi. The van der Waals surface area contributed by atoms with Gasteiger partial charge < -0.3 is 4.43 Å². The Labute approximate surface area is 165 Å². The molecule has 1 aliphatic heterocycles. The number of allylic oxidation sites excluding steroid dienone is 1. The van der Waals surface area contributed by atoms with E-state index in [0.29, 0.717) is 11.1 Å². The summed E-state index contributed by atoms with van der Waals surface area (Å²) in [7, 11) is -2.08. The van der Waals surface area contributed by atoms with E-state index in [-0.39, 0.29) is 0 Å². The summed E-state index contributed by atoms with van der Waals surface area (Å²) in [5.41, 5.74) is 3.67. The van der Waals surface area contributed by atoms with Crippen LogP contribution in [0, 0.1) is 11.8 Å². The molecule has 3 rings (SSSR count). The zero-order chi connectivity index (χ0) is 19.3. The number of benzene rings is 2. The van der Waals surface area contributed by atoms with E-state index in [1.54, 1.807) is 0 Å². The molecule has 0 saturated carbocycles. The highest BCUT2D eigenvalue weighted by Crippen LogP contribution is 2.51. The monoisotopic (exact) mass is 374 g/mol. The second-order valence-corrected chi connectivity index (χ2v) is 12.6. The third kappa shape index (κ3) is 4.04. The second-order valence-electron chi connectivity index (χ2n) is 7.92. The van der Waals surface area contributed by atoms with Crippen LogP contribution in [-0.4, -0.2) is 8.32 Å². The zero-order valence-corrected chi connectivity index (χ0v) is 18.0. The molecule has 0 saturated heterocycles. The van der Waals surface area contributed by atoms with Gasteiger partial charge in [0, 0.05) is 12.0 Å². The van der Waals surface area contributed by atoms with E-state index in [1.807, 2.05) is 0 Å². The average molecular weight is 375 g/mol. The highest BCUT2D eigenvalue weighted by Gasteiger charge is 2.52. The third-order valence-electron chi connectivity index (χ3n) is 5.52. The predicted molar refractivity (Wildman–Crippen MR) is 118 cm³/mol. The van der Waals surface area contributed by atoms with E-state index in [9.17, 15) is 0 Å². The van der Waals surface area contributed by atoms with E-state index >= 15 is 0 Å². The highest BCUT2D eigenvalue weighted by molar-refractivity contribution is 6.95. The standard InChI is InChI=1S/C25H30OSi/c1-20(2)27(21(3)4)25(23-17-12-13-18-24(23)26-27)19-11-6-5-8-14-22-15-9-7-10-16-22/h7,9-10,12-13,15-21H,5,8,14H2,1-4H3/b25-19+. The zero-order valence-electron chi connectivity index (χ0n) is 17.0. The minimum atomic E-state index is -2.08. The average Bonchev–Trinajstić information content (AvgIpc) is 3.01. The summed E-state index contributed by atoms with van der Waals surface area (Å²) in [4.78, 5) is 0. The first kappa shape index (κ1) is 19.5. The Balaban J connectivity index is 1.77. The van der Waals surface area contributed by atoms with Crippen molar-refractivity contribution in [2.75, 3.05) is 0 Å². The highest BCUT2D eigenvalue weighted by atomic mass is 28.4. The van der Waals surface area contributed by atoms with Crippen LogP contribution in [0.4, 0.5) is 0 Å². The van der Waals surface area contributed by atoms with Crippen molar-refractivity contribution in [2.45, 2.75) is 58.0 Å². The fourth-order valence-corrected chi connectivity index (χ4v) is 8.79. The van der Waals surface area contributed by atoms with Gasteiger partial charge in [-0.3, -0.25) is 0 Å². The summed E-state index contributed by atoms with van der Waals surface area (Å²) in [5, 5.41) is 1.37. The van der Waals surface area contributed by atoms with Crippen molar-refractivity contribution in [1.29, 1.82) is 0 Å². The number of hydrogen-bond acceptors (Lipinski definition) is 1. The van der Waals surface area contributed by atoms with Gasteiger partial charge in [-0.2, -0.15) is 0 Å². The summed E-state index contributed by atoms with van der Waals surface area (Å²) < 4.78 is 6.67. The molecule has 0 aromatic heterocycles. The lowest BCUT2D eigenvalue weighted by molar-refractivity contribution is 0.530. The van der Waals surface area contributed by atoms with Crippen molar-refractivity contribution in [3.05, 3.63) is 71.8 Å². The molecule has 0 bridgehead atoms. The molecule has 0 unspecified atom stereocenters. The van der Waals surface area contributed by atoms with Crippen LogP contribution in [0.2, 0.25) is 11.1 Å². The van der Waals surface area contributed by atoms with E-state index in [0.717, 1.165) is 25.0 Å². The summed E-state index contributed by atoms with van der Waals surface area (Å²) in [5.74, 6) is 7.78. The molecule has 0 amide bonds. The first-order chi connectivity index (χ1) is 13.1. The lowest BCUT2D eigenvalue weighted by Crippen LogP contribution is -2.46. The maximum atomic E-state index is 6.67. The second kappa shape index (κ2) is 8.63. The maximum absolute atomic E-state index is 6.67. The van der Waals surface area contributed by atoms with Crippen LogP contribution in [-0.2, 0) is 6.42 Å². The number of hydrogen-bond donors (Lipinski definition) is 0. The van der Waals surface area contributed by atoms with Gasteiger partial charge in [-0.25, -0.2) is 0 Å². The molecule has 0 atom stereocenters. The molecule has 0 spiro atoms. The van der Waals surface area contributed by atoms with Crippen molar-refractivity contribution in [2.24, 2.45) is 0 Å². The normalized spacial score (nSPS) is 16.1. The molecule has 0 radical (unpaired) electrons. The molecule has 27 heavy (non-hydrogen) atoms. The molecule has 140 valence electrons. The predicted octanol–water partition coefficient (Wildman–Crippen LogP) is 6.79. The van der Waals surface area contributed by atoms with E-state index < -0.39 is 8.32 Å². The molecular weight excluding hydrogens is 344 g/mol. The molecule has 2 aromatic carbocycles. The number of para-hydroxylation sites is 1. The van der Waals surface area contributed by atoms with Crippen LogP contribution in [0.3, 0.4) is 0 Å². The van der Waals surface area contributed by atoms with Crippen LogP contribution in [0.5, 0.6) is 5.75 Å². The molecule has 0 aliphatic carbocycles. The minimum Gasteiger partial charge on any atom is -0.538 e. The van der Waals surface area contributed by atoms with E-state index in [1.165, 1.54) is 16.3 Å². The molecule has 2 aromatic rings. The smallest absolute Gasteiger partial charge is 0.289 e. The molecule has 1 heterocycles. The molecule has 1 aliphatic rings. The summed E-state index contributed by atoms with van der Waals surface area (Å²) in [6, 6.07) is 19.1. The Morgan fingerprint density at radius 1 is 0.926 bits per heavy atom. The quantitative estimate of drug-likeness (QED) is 0.318. The topological polar surface area (TPSA) is 9.23 Å². The van der Waals surface area contributed by atoms with Gasteiger partial charge >= 0.3 is 0 Å². The van der Waals surface area contributed by atoms with Gasteiger partial charge in [0.1, 0.15) is 5.75 Å². The Hall–Kier alpha value is -2.24. The Morgan fingerprint density at radius 3 is 2.30 bits per heavy atom. The first-order valence-electron chi connectivity index (χ1n) is 10.1. The largest absolute Gasteiger partial charge is 0.538 e. The number of unbranched alkanes of at least 4 members (excludes halogenated alkanes) is 1. The summed E-state index contributed by atoms with van der Waals surface area (Å²) in [6.45, 7) is 9.22. The van der Waals surface area contributed by atoms with Crippen molar-refractivity contribution >= 4 is 13.5 Å². The first-order valence-corrected chi connectivity index (χ1v) is 12.1. The fourth-order valence-electron chi connectivity index (χ4n) is 4.16. The van der Waals surface area contributed by atoms with Gasteiger partial charge in [0.15, 0.2) is 0 Å². The minimum absolute atomic E-state index is 0.510. The maximum Gasteiger partial charge on any atom is 0.289 e. The number of rotatable bonds is 5. The number of aryl methyl sites for hydroxylation is 1. The Morgan fingerprint density at radius 2 is 1.59 bits per heavy atom. The van der Waals surface area contributed by atoms with Gasteiger partial charge in [-0.1, -0.05) is 88.1 Å². The van der Waals surface area contributed by atoms with Crippen molar-refractivity contribution in [3.63, 3.8) is 0 Å². The lowest BCUT2D eigenvalue weighted by Gasteiger charge is -2.34. The Kier molecular flexibility index (Phi) is 6.24. The van der Waals surface area contributed by atoms with Crippen LogP contribution in [0.25, 0.3) is 5.20 Å². The molecule has 0 fully saturated rings. The Bertz CT molecular complexity index is 845. The lowest BCUT2D eigenvalue weighted by atomic mass is 10.1. The van der Waals surface area contributed by atoms with Crippen LogP contribution >= 0.6 is 0 Å². The molecule has 0 N–H and O–H groups in total. The van der Waals surface area contributed by atoms with Crippen molar-refractivity contribution in [1.82, 2.24) is 0 Å². The SMILES string of the molecule is CC(C)[Si]1(C(C)C)Oc2ccccc2/C1=C\C#CCCCc1ccccc1. The summed E-state index contributed by atoms with van der Waals surface area (Å²) in [6.07, 6.45) is 5.29. The van der Waals surface area contributed by atoms with Gasteiger partial charge in [0.25, 0.3) is 8.32 Å². The van der Waals surface area contributed by atoms with Crippen molar-refractivity contribution in [3.8, 4) is 17.6 Å². The van der Waals surface area contributed by atoms with Gasteiger partial charge in [0.2, 0.25) is 0 Å². The van der Waals surface area contributed by atoms with Gasteiger partial charge in [-0.05, 0) is 46.8 Å². The fraction of sp³-hybridized carbons (Fsp3) is 0.360. The number of fused-ring (bicyclic) bond motifs is 1. The van der Waals surface area contributed by atoms with E-state index in [4.69, 9.17) is 4.43 Å². The van der Waals surface area contributed by atoms with Gasteiger partial charge in [0.05, 0.1) is 0 Å². The third-order valence-corrected chi connectivity index (χ3v) is 10.8. The van der Waals surface area contributed by atoms with E-state index in [2.05, 4.69) is 100 Å². The van der Waals surface area contributed by atoms with Crippen LogP contribution in [0.15, 0.2) is 60.7 Å². The van der Waals surface area contributed by atoms with Crippen LogP contribution < -0.4 is 4.43 Å². The van der Waals surface area contributed by atoms with Crippen LogP contribution in [0.1, 0.15) is 51.7 Å². The van der Waals surface area contributed by atoms with Crippen molar-refractivity contribution < 1.29 is 4.43 Å². The summed E-state index contributed by atoms with van der Waals surface area (Å²) >= 11 is 0.